The van der Waals surface area contributed by atoms with Gasteiger partial charge in [-0.2, -0.15) is 0 Å². The van der Waals surface area contributed by atoms with Crippen molar-refractivity contribution in [2.45, 2.75) is 45.3 Å². The van der Waals surface area contributed by atoms with Gasteiger partial charge in [0, 0.05) is 13.1 Å². The summed E-state index contributed by atoms with van der Waals surface area (Å²) in [6.07, 6.45) is 1.75. The van der Waals surface area contributed by atoms with E-state index in [1.54, 1.807) is 4.90 Å². The van der Waals surface area contributed by atoms with Crippen LogP contribution >= 0.6 is 0 Å². The first-order valence-electron chi connectivity index (χ1n) is 6.21. The molecule has 0 unspecified atom stereocenters. The van der Waals surface area contributed by atoms with Crippen LogP contribution in [0.2, 0.25) is 0 Å². The second-order valence-electron chi connectivity index (χ2n) is 5.33. The minimum Gasteiger partial charge on any atom is -0.444 e. The molecular formula is C12H24N2O3. The van der Waals surface area contributed by atoms with Gasteiger partial charge < -0.3 is 20.1 Å². The molecule has 1 atom stereocenters. The molecular weight excluding hydrogens is 220 g/mol. The smallest absolute Gasteiger partial charge is 0.410 e. The van der Waals surface area contributed by atoms with Crippen molar-refractivity contribution in [1.82, 2.24) is 4.90 Å². The number of carbonyl (C=O) groups excluding carboxylic acids is 1. The largest absolute Gasteiger partial charge is 0.444 e. The third-order valence-corrected chi connectivity index (χ3v) is 2.58. The molecule has 1 rings (SSSR count). The van der Waals surface area contributed by atoms with E-state index < -0.39 is 5.60 Å². The molecule has 0 aromatic heterocycles. The fourth-order valence-electron chi connectivity index (χ4n) is 1.87. The molecule has 1 saturated heterocycles. The molecule has 17 heavy (non-hydrogen) atoms. The Labute approximate surface area is 103 Å². The third-order valence-electron chi connectivity index (χ3n) is 2.58. The molecule has 1 fully saturated rings. The van der Waals surface area contributed by atoms with Gasteiger partial charge in [-0.1, -0.05) is 0 Å². The second kappa shape index (κ2) is 6.21. The van der Waals surface area contributed by atoms with E-state index in [-0.39, 0.29) is 12.1 Å². The van der Waals surface area contributed by atoms with Crippen LogP contribution in [0, 0.1) is 0 Å². The third kappa shape index (κ3) is 4.91. The maximum Gasteiger partial charge on any atom is 0.410 e. The van der Waals surface area contributed by atoms with Crippen molar-refractivity contribution < 1.29 is 14.3 Å². The average Bonchev–Trinajstić information content (AvgIpc) is 2.64. The summed E-state index contributed by atoms with van der Waals surface area (Å²) in [5.41, 5.74) is 4.92. The molecule has 0 aromatic carbocycles. The Morgan fingerprint density at radius 2 is 2.18 bits per heavy atom. The Balaban J connectivity index is 2.42. The first-order chi connectivity index (χ1) is 7.94. The molecule has 5 nitrogen and oxygen atoms in total. The molecule has 2 N–H and O–H groups in total. The summed E-state index contributed by atoms with van der Waals surface area (Å²) < 4.78 is 10.8. The Kier molecular flexibility index (Phi) is 5.21. The molecule has 100 valence electrons. The molecule has 0 aliphatic carbocycles. The first-order valence-corrected chi connectivity index (χ1v) is 6.21. The Morgan fingerprint density at radius 1 is 1.47 bits per heavy atom. The molecule has 5 heteroatoms. The molecule has 1 aliphatic heterocycles. The predicted octanol–water partition coefficient (Wildman–Crippen LogP) is 1.36. The van der Waals surface area contributed by atoms with E-state index in [2.05, 4.69) is 0 Å². The van der Waals surface area contributed by atoms with Crippen LogP contribution in [0.3, 0.4) is 0 Å². The van der Waals surface area contributed by atoms with Crippen molar-refractivity contribution in [2.75, 3.05) is 26.3 Å². The van der Waals surface area contributed by atoms with Crippen molar-refractivity contribution in [2.24, 2.45) is 5.73 Å². The highest BCUT2D eigenvalue weighted by Crippen LogP contribution is 2.20. The average molecular weight is 244 g/mol. The summed E-state index contributed by atoms with van der Waals surface area (Å²) >= 11 is 0. The zero-order valence-corrected chi connectivity index (χ0v) is 11.1. The maximum atomic E-state index is 11.9. The van der Waals surface area contributed by atoms with Gasteiger partial charge in [0.1, 0.15) is 5.60 Å². The van der Waals surface area contributed by atoms with E-state index in [0.717, 1.165) is 19.4 Å². The fourth-order valence-corrected chi connectivity index (χ4v) is 1.87. The number of rotatable bonds is 4. The molecule has 0 spiro atoms. The lowest BCUT2D eigenvalue weighted by Gasteiger charge is -2.28. The Morgan fingerprint density at radius 3 is 2.76 bits per heavy atom. The van der Waals surface area contributed by atoms with Crippen LogP contribution in [0.4, 0.5) is 4.79 Å². The number of carbonyl (C=O) groups is 1. The Bertz CT molecular complexity index is 251. The summed E-state index contributed by atoms with van der Waals surface area (Å²) in [5, 5.41) is 0. The molecule has 1 heterocycles. The molecule has 0 radical (unpaired) electrons. The number of ether oxygens (including phenoxy) is 2. The summed E-state index contributed by atoms with van der Waals surface area (Å²) in [6.45, 7) is 7.99. The number of likely N-dealkylation sites (tertiary alicyclic amines) is 1. The first kappa shape index (κ1) is 14.3. The monoisotopic (exact) mass is 244 g/mol. The quantitative estimate of drug-likeness (QED) is 0.758. The van der Waals surface area contributed by atoms with Crippen LogP contribution in [-0.4, -0.2) is 48.9 Å². The van der Waals surface area contributed by atoms with Gasteiger partial charge >= 0.3 is 6.09 Å². The standard InChI is InChI=1S/C12H24N2O3/c1-12(2,3)17-11(15)14-7-4-5-10(14)9-16-8-6-13/h10H,4-9,13H2,1-3H3/t10-/m0/s1. The molecule has 0 saturated carbocycles. The number of hydrogen-bond acceptors (Lipinski definition) is 4. The molecule has 0 bridgehead atoms. The van der Waals surface area contributed by atoms with E-state index in [9.17, 15) is 4.79 Å². The summed E-state index contributed by atoms with van der Waals surface area (Å²) in [7, 11) is 0. The zero-order chi connectivity index (χ0) is 12.9. The SMILES string of the molecule is CC(C)(C)OC(=O)N1CCC[C@H]1COCCN. The van der Waals surface area contributed by atoms with Crippen molar-refractivity contribution in [3.05, 3.63) is 0 Å². The van der Waals surface area contributed by atoms with E-state index in [4.69, 9.17) is 15.2 Å². The molecule has 1 aliphatic rings. The Hall–Kier alpha value is -0.810. The zero-order valence-electron chi connectivity index (χ0n) is 11.1. The van der Waals surface area contributed by atoms with E-state index in [1.807, 2.05) is 20.8 Å². The lowest BCUT2D eigenvalue weighted by Crippen LogP contribution is -2.41. The summed E-state index contributed by atoms with van der Waals surface area (Å²) in [6, 6.07) is 0.136. The van der Waals surface area contributed by atoms with E-state index in [0.29, 0.717) is 19.8 Å². The molecule has 1 amide bonds. The van der Waals surface area contributed by atoms with Crippen molar-refractivity contribution >= 4 is 6.09 Å². The molecule has 0 aromatic rings. The lowest BCUT2D eigenvalue weighted by molar-refractivity contribution is 0.0113. The number of nitrogens with two attached hydrogens (primary N) is 1. The van der Waals surface area contributed by atoms with Gasteiger partial charge in [0.25, 0.3) is 0 Å². The summed E-state index contributed by atoms with van der Waals surface area (Å²) in [4.78, 5) is 13.7. The van der Waals surface area contributed by atoms with Crippen LogP contribution in [-0.2, 0) is 9.47 Å². The van der Waals surface area contributed by atoms with Gasteiger partial charge in [-0.15, -0.1) is 0 Å². The minimum absolute atomic E-state index is 0.136. The maximum absolute atomic E-state index is 11.9. The van der Waals surface area contributed by atoms with Crippen molar-refractivity contribution in [3.63, 3.8) is 0 Å². The number of nitrogens with zero attached hydrogens (tertiary/aromatic N) is 1. The van der Waals surface area contributed by atoms with Gasteiger partial charge in [0.15, 0.2) is 0 Å². The topological polar surface area (TPSA) is 64.8 Å². The van der Waals surface area contributed by atoms with Gasteiger partial charge in [-0.3, -0.25) is 0 Å². The highest BCUT2D eigenvalue weighted by Gasteiger charge is 2.32. The van der Waals surface area contributed by atoms with Gasteiger partial charge in [-0.25, -0.2) is 4.79 Å². The fraction of sp³-hybridized carbons (Fsp3) is 0.917. The minimum atomic E-state index is -0.442. The van der Waals surface area contributed by atoms with Crippen LogP contribution in [0.25, 0.3) is 0 Å². The van der Waals surface area contributed by atoms with Crippen molar-refractivity contribution in [3.8, 4) is 0 Å². The number of hydrogen-bond donors (Lipinski definition) is 1. The van der Waals surface area contributed by atoms with Crippen molar-refractivity contribution in [1.29, 1.82) is 0 Å². The van der Waals surface area contributed by atoms with Crippen LogP contribution in [0.15, 0.2) is 0 Å². The van der Waals surface area contributed by atoms with Gasteiger partial charge in [-0.05, 0) is 33.6 Å². The highest BCUT2D eigenvalue weighted by molar-refractivity contribution is 5.68. The van der Waals surface area contributed by atoms with Crippen LogP contribution < -0.4 is 5.73 Å². The lowest BCUT2D eigenvalue weighted by atomic mass is 10.2. The highest BCUT2D eigenvalue weighted by atomic mass is 16.6. The van der Waals surface area contributed by atoms with Crippen LogP contribution in [0.1, 0.15) is 33.6 Å². The van der Waals surface area contributed by atoms with Crippen LogP contribution in [0.5, 0.6) is 0 Å². The normalized spacial score (nSPS) is 20.7. The predicted molar refractivity (Wildman–Crippen MR) is 65.8 cm³/mol. The van der Waals surface area contributed by atoms with E-state index in [1.165, 1.54) is 0 Å². The van der Waals surface area contributed by atoms with Gasteiger partial charge in [0.2, 0.25) is 0 Å². The van der Waals surface area contributed by atoms with E-state index >= 15 is 0 Å². The van der Waals surface area contributed by atoms with Gasteiger partial charge in [0.05, 0.1) is 19.3 Å². The summed E-state index contributed by atoms with van der Waals surface area (Å²) in [5.74, 6) is 0. The number of amides is 1. The second-order valence-corrected chi connectivity index (χ2v) is 5.33.